The maximum Gasteiger partial charge on any atom is 0.235 e. The van der Waals surface area contributed by atoms with E-state index in [0.29, 0.717) is 32.0 Å². The molecule has 3 rings (SSSR count). The second-order valence-corrected chi connectivity index (χ2v) is 6.76. The summed E-state index contributed by atoms with van der Waals surface area (Å²) in [6.45, 7) is 5.53. The number of ether oxygens (including phenoxy) is 1. The molecule has 0 aromatic heterocycles. The molecule has 0 saturated carbocycles. The van der Waals surface area contributed by atoms with Crippen molar-refractivity contribution >= 4 is 11.6 Å². The van der Waals surface area contributed by atoms with E-state index in [1.54, 1.807) is 0 Å². The number of carbonyl (C=O) groups is 1. The van der Waals surface area contributed by atoms with Gasteiger partial charge in [0.1, 0.15) is 0 Å². The van der Waals surface area contributed by atoms with Crippen molar-refractivity contribution in [2.75, 3.05) is 18.5 Å². The van der Waals surface area contributed by atoms with Crippen LogP contribution in [-0.4, -0.2) is 19.1 Å². The molecule has 24 heavy (non-hydrogen) atoms. The molecule has 1 saturated heterocycles. The first-order valence-electron chi connectivity index (χ1n) is 8.67. The predicted molar refractivity (Wildman–Crippen MR) is 97.3 cm³/mol. The Balaban J connectivity index is 1.94. The number of hydrogen-bond acceptors (Lipinski definition) is 2. The number of amides is 1. The highest BCUT2D eigenvalue weighted by Gasteiger charge is 2.41. The molecule has 1 amide bonds. The average molecular weight is 323 g/mol. The summed E-state index contributed by atoms with van der Waals surface area (Å²) in [5.74, 6) is 0.439. The lowest BCUT2D eigenvalue weighted by molar-refractivity contribution is -0.125. The van der Waals surface area contributed by atoms with Gasteiger partial charge in [-0.15, -0.1) is 0 Å². The topological polar surface area (TPSA) is 38.3 Å². The molecule has 2 aromatic rings. The first-order valence-corrected chi connectivity index (χ1v) is 8.67. The van der Waals surface area contributed by atoms with E-state index in [1.807, 2.05) is 36.4 Å². The molecule has 1 heterocycles. The maximum atomic E-state index is 13.3. The third-order valence-corrected chi connectivity index (χ3v) is 4.94. The van der Waals surface area contributed by atoms with Crippen LogP contribution >= 0.6 is 0 Å². The van der Waals surface area contributed by atoms with Gasteiger partial charge in [0.2, 0.25) is 5.91 Å². The minimum absolute atomic E-state index is 0.0742. The van der Waals surface area contributed by atoms with E-state index in [0.717, 1.165) is 11.3 Å². The van der Waals surface area contributed by atoms with Crippen LogP contribution in [0.15, 0.2) is 54.6 Å². The lowest BCUT2D eigenvalue weighted by Crippen LogP contribution is -2.45. The standard InChI is InChI=1S/C21H25NO2/c1-16(2)18-10-6-7-11-19(18)22-20(23)21(12-14-24-15-13-21)17-8-4-3-5-9-17/h3-11,16H,12-15H2,1-2H3,(H,22,23). The Morgan fingerprint density at radius 1 is 1.00 bits per heavy atom. The Kier molecular flexibility index (Phi) is 5.00. The highest BCUT2D eigenvalue weighted by atomic mass is 16.5. The summed E-state index contributed by atoms with van der Waals surface area (Å²) in [6.07, 6.45) is 1.43. The zero-order chi connectivity index (χ0) is 17.0. The fourth-order valence-electron chi connectivity index (χ4n) is 3.48. The lowest BCUT2D eigenvalue weighted by Gasteiger charge is -2.36. The molecule has 0 bridgehead atoms. The Bertz CT molecular complexity index is 688. The molecule has 2 aromatic carbocycles. The van der Waals surface area contributed by atoms with Crippen molar-refractivity contribution in [3.63, 3.8) is 0 Å². The molecule has 126 valence electrons. The fraction of sp³-hybridized carbons (Fsp3) is 0.381. The molecule has 1 N–H and O–H groups in total. The van der Waals surface area contributed by atoms with Crippen LogP contribution in [0.4, 0.5) is 5.69 Å². The normalized spacial score (nSPS) is 16.8. The number of anilines is 1. The van der Waals surface area contributed by atoms with E-state index in [-0.39, 0.29) is 5.91 Å². The van der Waals surface area contributed by atoms with Crippen molar-refractivity contribution < 1.29 is 9.53 Å². The van der Waals surface area contributed by atoms with Gasteiger partial charge in [-0.2, -0.15) is 0 Å². The Hall–Kier alpha value is -2.13. The van der Waals surface area contributed by atoms with Crippen LogP contribution in [0.3, 0.4) is 0 Å². The van der Waals surface area contributed by atoms with Crippen molar-refractivity contribution in [1.29, 1.82) is 0 Å². The van der Waals surface area contributed by atoms with E-state index in [1.165, 1.54) is 5.56 Å². The zero-order valence-electron chi connectivity index (χ0n) is 14.4. The third kappa shape index (κ3) is 3.22. The van der Waals surface area contributed by atoms with Crippen molar-refractivity contribution in [1.82, 2.24) is 0 Å². The van der Waals surface area contributed by atoms with E-state index in [4.69, 9.17) is 4.74 Å². The molecular formula is C21H25NO2. The van der Waals surface area contributed by atoms with E-state index in [2.05, 4.69) is 37.4 Å². The third-order valence-electron chi connectivity index (χ3n) is 4.94. The van der Waals surface area contributed by atoms with Crippen LogP contribution in [0.25, 0.3) is 0 Å². The SMILES string of the molecule is CC(C)c1ccccc1NC(=O)C1(c2ccccc2)CCOCC1. The van der Waals surface area contributed by atoms with Crippen LogP contribution < -0.4 is 5.32 Å². The summed E-state index contributed by atoms with van der Waals surface area (Å²) in [6, 6.07) is 18.2. The first-order chi connectivity index (χ1) is 11.6. The van der Waals surface area contributed by atoms with Gasteiger partial charge in [0, 0.05) is 18.9 Å². The van der Waals surface area contributed by atoms with Crippen LogP contribution in [-0.2, 0) is 14.9 Å². The van der Waals surface area contributed by atoms with Crippen molar-refractivity contribution in [2.45, 2.75) is 38.0 Å². The Labute approximate surface area is 144 Å². The minimum atomic E-state index is -0.510. The number of rotatable bonds is 4. The van der Waals surface area contributed by atoms with Crippen molar-refractivity contribution in [3.05, 3.63) is 65.7 Å². The van der Waals surface area contributed by atoms with Gasteiger partial charge in [0.15, 0.2) is 0 Å². The van der Waals surface area contributed by atoms with Gasteiger partial charge in [0.05, 0.1) is 5.41 Å². The summed E-state index contributed by atoms with van der Waals surface area (Å²) in [5, 5.41) is 3.21. The van der Waals surface area contributed by atoms with Crippen LogP contribution in [0.1, 0.15) is 43.7 Å². The second kappa shape index (κ2) is 7.18. The van der Waals surface area contributed by atoms with Gasteiger partial charge in [-0.3, -0.25) is 4.79 Å². The quantitative estimate of drug-likeness (QED) is 0.900. The molecule has 0 spiro atoms. The molecule has 3 heteroatoms. The molecule has 0 radical (unpaired) electrons. The average Bonchev–Trinajstić information content (AvgIpc) is 2.63. The molecule has 1 aliphatic heterocycles. The number of nitrogens with one attached hydrogen (secondary N) is 1. The van der Waals surface area contributed by atoms with Gasteiger partial charge in [0.25, 0.3) is 0 Å². The van der Waals surface area contributed by atoms with E-state index < -0.39 is 5.41 Å². The summed E-state index contributed by atoms with van der Waals surface area (Å²) in [5.41, 5.74) is 2.65. The van der Waals surface area contributed by atoms with E-state index in [9.17, 15) is 4.79 Å². The molecule has 0 aliphatic carbocycles. The summed E-state index contributed by atoms with van der Waals surface area (Å²) < 4.78 is 5.53. The molecular weight excluding hydrogens is 298 g/mol. The largest absolute Gasteiger partial charge is 0.381 e. The number of para-hydroxylation sites is 1. The number of carbonyl (C=O) groups excluding carboxylic acids is 1. The number of benzene rings is 2. The molecule has 3 nitrogen and oxygen atoms in total. The van der Waals surface area contributed by atoms with Crippen LogP contribution in [0.5, 0.6) is 0 Å². The van der Waals surface area contributed by atoms with Gasteiger partial charge in [-0.1, -0.05) is 62.4 Å². The smallest absolute Gasteiger partial charge is 0.235 e. The van der Waals surface area contributed by atoms with Crippen LogP contribution in [0.2, 0.25) is 0 Å². The van der Waals surface area contributed by atoms with Gasteiger partial charge < -0.3 is 10.1 Å². The summed E-state index contributed by atoms with van der Waals surface area (Å²) in [4.78, 5) is 13.3. The van der Waals surface area contributed by atoms with Gasteiger partial charge in [-0.25, -0.2) is 0 Å². The predicted octanol–water partition coefficient (Wildman–Crippen LogP) is 4.50. The summed E-state index contributed by atoms with van der Waals surface area (Å²) in [7, 11) is 0. The number of hydrogen-bond donors (Lipinski definition) is 1. The highest BCUT2D eigenvalue weighted by molar-refractivity contribution is 5.99. The first kappa shape index (κ1) is 16.7. The fourth-order valence-corrected chi connectivity index (χ4v) is 3.48. The van der Waals surface area contributed by atoms with E-state index >= 15 is 0 Å². The highest BCUT2D eigenvalue weighted by Crippen LogP contribution is 2.36. The maximum absolute atomic E-state index is 13.3. The zero-order valence-corrected chi connectivity index (χ0v) is 14.4. The Morgan fingerprint density at radius 2 is 1.62 bits per heavy atom. The molecule has 1 aliphatic rings. The second-order valence-electron chi connectivity index (χ2n) is 6.76. The monoisotopic (exact) mass is 323 g/mol. The minimum Gasteiger partial charge on any atom is -0.381 e. The van der Waals surface area contributed by atoms with Crippen LogP contribution in [0, 0.1) is 0 Å². The Morgan fingerprint density at radius 3 is 2.29 bits per heavy atom. The van der Waals surface area contributed by atoms with Gasteiger partial charge >= 0.3 is 0 Å². The molecule has 1 fully saturated rings. The lowest BCUT2D eigenvalue weighted by atomic mass is 9.73. The molecule has 0 unspecified atom stereocenters. The molecule has 0 atom stereocenters. The van der Waals surface area contributed by atoms with Gasteiger partial charge in [-0.05, 0) is 36.0 Å². The summed E-state index contributed by atoms with van der Waals surface area (Å²) >= 11 is 0. The van der Waals surface area contributed by atoms with Crippen molar-refractivity contribution in [3.8, 4) is 0 Å². The van der Waals surface area contributed by atoms with Crippen molar-refractivity contribution in [2.24, 2.45) is 0 Å².